The molecule has 0 N–H and O–H groups in total. The lowest BCUT2D eigenvalue weighted by Gasteiger charge is -2.28. The molecule has 104 valence electrons. The third-order valence-electron chi connectivity index (χ3n) is 4.61. The lowest BCUT2D eigenvalue weighted by Crippen LogP contribution is -2.45. The van der Waals surface area contributed by atoms with Gasteiger partial charge in [-0.1, -0.05) is 12.2 Å². The number of likely N-dealkylation sites (tertiary alicyclic amines) is 1. The number of methoxy groups -OCH3 is 1. The molecule has 0 aromatic heterocycles. The van der Waals surface area contributed by atoms with E-state index in [2.05, 4.69) is 0 Å². The summed E-state index contributed by atoms with van der Waals surface area (Å²) in [5, 5.41) is 0. The zero-order chi connectivity index (χ0) is 14.0. The first-order chi connectivity index (χ1) is 8.84. The average Bonchev–Trinajstić information content (AvgIpc) is 2.85. The highest BCUT2D eigenvalue weighted by Gasteiger charge is 2.70. The van der Waals surface area contributed by atoms with Crippen molar-refractivity contribution >= 4 is 11.8 Å². The summed E-state index contributed by atoms with van der Waals surface area (Å²) in [6, 6.07) is -0.234. The number of ether oxygens (including phenoxy) is 2. The molecule has 0 saturated carbocycles. The Bertz CT molecular complexity index is 452. The Morgan fingerprint density at radius 1 is 1.26 bits per heavy atom. The van der Waals surface area contributed by atoms with E-state index < -0.39 is 23.0 Å². The van der Waals surface area contributed by atoms with Crippen LogP contribution in [0.25, 0.3) is 0 Å². The summed E-state index contributed by atoms with van der Waals surface area (Å²) in [6.07, 6.45) is 3.84. The van der Waals surface area contributed by atoms with Gasteiger partial charge < -0.3 is 9.47 Å². The number of carbonyl (C=O) groups is 2. The highest BCUT2D eigenvalue weighted by Crippen LogP contribution is 2.57. The zero-order valence-electron chi connectivity index (χ0n) is 11.7. The molecule has 3 heterocycles. The summed E-state index contributed by atoms with van der Waals surface area (Å²) in [5.41, 5.74) is -1.29. The first kappa shape index (κ1) is 12.8. The van der Waals surface area contributed by atoms with E-state index in [1.807, 2.05) is 32.9 Å². The second-order valence-corrected chi connectivity index (χ2v) is 6.11. The van der Waals surface area contributed by atoms with Crippen molar-refractivity contribution in [3.05, 3.63) is 12.2 Å². The minimum Gasteiger partial charge on any atom is -0.383 e. The maximum absolute atomic E-state index is 12.6. The van der Waals surface area contributed by atoms with Crippen LogP contribution in [0.2, 0.25) is 0 Å². The Kier molecular flexibility index (Phi) is 2.48. The molecule has 2 saturated heterocycles. The molecule has 5 atom stereocenters. The minimum absolute atomic E-state index is 0.130. The van der Waals surface area contributed by atoms with Crippen LogP contribution in [-0.4, -0.2) is 47.7 Å². The Hall–Kier alpha value is -1.20. The summed E-state index contributed by atoms with van der Waals surface area (Å²) in [6.45, 7) is 5.96. The van der Waals surface area contributed by atoms with E-state index in [1.54, 1.807) is 7.11 Å². The lowest BCUT2D eigenvalue weighted by atomic mass is 9.73. The Morgan fingerprint density at radius 2 is 1.74 bits per heavy atom. The van der Waals surface area contributed by atoms with Crippen LogP contribution in [0.15, 0.2) is 12.2 Å². The van der Waals surface area contributed by atoms with Gasteiger partial charge in [-0.25, -0.2) is 0 Å². The number of amides is 2. The molecule has 2 fully saturated rings. The molecule has 0 aromatic carbocycles. The van der Waals surface area contributed by atoms with Gasteiger partial charge in [-0.15, -0.1) is 0 Å². The summed E-state index contributed by atoms with van der Waals surface area (Å²) >= 11 is 0. The molecule has 0 radical (unpaired) electrons. The van der Waals surface area contributed by atoms with Crippen molar-refractivity contribution in [3.63, 3.8) is 0 Å². The van der Waals surface area contributed by atoms with Crippen molar-refractivity contribution in [1.29, 1.82) is 0 Å². The maximum Gasteiger partial charge on any atom is 0.236 e. The molecule has 5 unspecified atom stereocenters. The van der Waals surface area contributed by atoms with Crippen LogP contribution in [0.1, 0.15) is 20.8 Å². The fourth-order valence-corrected chi connectivity index (χ4v) is 3.80. The molecule has 5 heteroatoms. The molecule has 19 heavy (non-hydrogen) atoms. The predicted molar refractivity (Wildman–Crippen MR) is 67.2 cm³/mol. The van der Waals surface area contributed by atoms with E-state index in [-0.39, 0.29) is 17.9 Å². The smallest absolute Gasteiger partial charge is 0.236 e. The summed E-state index contributed by atoms with van der Waals surface area (Å²) in [4.78, 5) is 26.5. The molecule has 3 rings (SSSR count). The van der Waals surface area contributed by atoms with Crippen LogP contribution in [-0.2, 0) is 19.1 Å². The molecular weight excluding hydrogens is 246 g/mol. The molecular formula is C14H19NO4. The van der Waals surface area contributed by atoms with Gasteiger partial charge in [0.2, 0.25) is 11.8 Å². The van der Waals surface area contributed by atoms with Gasteiger partial charge in [0.05, 0.1) is 35.7 Å². The van der Waals surface area contributed by atoms with E-state index in [9.17, 15) is 9.59 Å². The number of nitrogens with zero attached hydrogens (tertiary/aromatic N) is 1. The van der Waals surface area contributed by atoms with Gasteiger partial charge in [0.1, 0.15) is 0 Å². The largest absolute Gasteiger partial charge is 0.383 e. The first-order valence-electron chi connectivity index (χ1n) is 6.60. The van der Waals surface area contributed by atoms with Gasteiger partial charge in [-0.05, 0) is 20.8 Å². The quantitative estimate of drug-likeness (QED) is 0.558. The average molecular weight is 265 g/mol. The van der Waals surface area contributed by atoms with Crippen molar-refractivity contribution in [1.82, 2.24) is 4.90 Å². The SMILES string of the molecule is COCC(C)N1C(=O)C2C(C1=O)C1(C)C=CC2(C)O1. The molecule has 3 aliphatic heterocycles. The number of imide groups is 1. The molecule has 0 aromatic rings. The van der Waals surface area contributed by atoms with Crippen LogP contribution in [0.5, 0.6) is 0 Å². The van der Waals surface area contributed by atoms with E-state index in [0.717, 1.165) is 0 Å². The number of hydrogen-bond acceptors (Lipinski definition) is 4. The highest BCUT2D eigenvalue weighted by atomic mass is 16.5. The number of rotatable bonds is 3. The van der Waals surface area contributed by atoms with Crippen molar-refractivity contribution in [2.75, 3.05) is 13.7 Å². The maximum atomic E-state index is 12.6. The molecule has 2 bridgehead atoms. The number of fused-ring (bicyclic) bond motifs is 5. The summed E-state index contributed by atoms with van der Waals surface area (Å²) in [5.74, 6) is -1.05. The third kappa shape index (κ3) is 1.43. The van der Waals surface area contributed by atoms with Crippen molar-refractivity contribution in [3.8, 4) is 0 Å². The molecule has 0 aliphatic carbocycles. The lowest BCUT2D eigenvalue weighted by molar-refractivity contribution is -0.149. The molecule has 5 nitrogen and oxygen atoms in total. The topological polar surface area (TPSA) is 55.8 Å². The normalized spacial score (nSPS) is 45.2. The molecule has 0 spiro atoms. The summed E-state index contributed by atoms with van der Waals surface area (Å²) in [7, 11) is 1.57. The van der Waals surface area contributed by atoms with E-state index >= 15 is 0 Å². The van der Waals surface area contributed by atoms with E-state index in [0.29, 0.717) is 6.61 Å². The monoisotopic (exact) mass is 265 g/mol. The van der Waals surface area contributed by atoms with Crippen LogP contribution in [0, 0.1) is 11.8 Å². The van der Waals surface area contributed by atoms with Gasteiger partial charge in [0.25, 0.3) is 0 Å². The Labute approximate surface area is 112 Å². The standard InChI is InChI=1S/C14H19NO4/c1-8(7-18-4)15-11(16)9-10(12(15)17)14(3)6-5-13(9,2)19-14/h5-6,8-10H,7H2,1-4H3. The van der Waals surface area contributed by atoms with Gasteiger partial charge in [-0.2, -0.15) is 0 Å². The first-order valence-corrected chi connectivity index (χ1v) is 6.60. The van der Waals surface area contributed by atoms with Crippen LogP contribution in [0.4, 0.5) is 0 Å². The van der Waals surface area contributed by atoms with E-state index in [4.69, 9.17) is 9.47 Å². The Balaban J connectivity index is 1.98. The Morgan fingerprint density at radius 3 is 2.16 bits per heavy atom. The van der Waals surface area contributed by atoms with Crippen LogP contribution >= 0.6 is 0 Å². The zero-order valence-corrected chi connectivity index (χ0v) is 11.7. The van der Waals surface area contributed by atoms with Crippen LogP contribution < -0.4 is 0 Å². The van der Waals surface area contributed by atoms with Gasteiger partial charge in [0, 0.05) is 7.11 Å². The second-order valence-electron chi connectivity index (χ2n) is 6.11. The van der Waals surface area contributed by atoms with Crippen molar-refractivity contribution in [2.24, 2.45) is 11.8 Å². The van der Waals surface area contributed by atoms with Gasteiger partial charge in [0.15, 0.2) is 0 Å². The van der Waals surface area contributed by atoms with Crippen LogP contribution in [0.3, 0.4) is 0 Å². The summed E-state index contributed by atoms with van der Waals surface area (Å²) < 4.78 is 11.0. The second kappa shape index (κ2) is 3.67. The van der Waals surface area contributed by atoms with Crippen molar-refractivity contribution in [2.45, 2.75) is 38.0 Å². The highest BCUT2D eigenvalue weighted by molar-refractivity contribution is 6.07. The van der Waals surface area contributed by atoms with Gasteiger partial charge in [-0.3, -0.25) is 14.5 Å². The molecule has 2 amide bonds. The fraction of sp³-hybridized carbons (Fsp3) is 0.714. The number of carbonyl (C=O) groups excluding carboxylic acids is 2. The fourth-order valence-electron chi connectivity index (χ4n) is 3.80. The number of hydrogen-bond donors (Lipinski definition) is 0. The molecule has 3 aliphatic rings. The predicted octanol–water partition coefficient (Wildman–Crippen LogP) is 0.740. The van der Waals surface area contributed by atoms with Crippen molar-refractivity contribution < 1.29 is 19.1 Å². The minimum atomic E-state index is -0.645. The van der Waals surface area contributed by atoms with Gasteiger partial charge >= 0.3 is 0 Å². The van der Waals surface area contributed by atoms with E-state index in [1.165, 1.54) is 4.90 Å². The third-order valence-corrected chi connectivity index (χ3v) is 4.61.